The first-order chi connectivity index (χ1) is 15.0. The summed E-state index contributed by atoms with van der Waals surface area (Å²) in [6, 6.07) is 7.86. The molecule has 0 radical (unpaired) electrons. The van der Waals surface area contributed by atoms with Crippen LogP contribution in [0.4, 0.5) is 0 Å². The molecule has 3 fully saturated rings. The Labute approximate surface area is 182 Å². The lowest BCUT2D eigenvalue weighted by Crippen LogP contribution is -2.63. The molecule has 0 aromatic heterocycles. The highest BCUT2D eigenvalue weighted by atomic mass is 16.6. The lowest BCUT2D eigenvalue weighted by atomic mass is 9.72. The van der Waals surface area contributed by atoms with Gasteiger partial charge >= 0.3 is 5.97 Å². The number of amides is 1. The fourth-order valence-electron chi connectivity index (χ4n) is 6.52. The van der Waals surface area contributed by atoms with E-state index in [1.54, 1.807) is 21.1 Å². The van der Waals surface area contributed by atoms with E-state index in [1.807, 2.05) is 29.2 Å². The molecule has 1 amide bonds. The van der Waals surface area contributed by atoms with Gasteiger partial charge in [-0.2, -0.15) is 0 Å². The number of nitrogens with zero attached hydrogens (tertiary/aromatic N) is 1. The Bertz CT molecular complexity index is 994. The predicted octanol–water partition coefficient (Wildman–Crippen LogP) is 3.86. The molecule has 5 rings (SSSR count). The third kappa shape index (κ3) is 2.57. The number of carbonyl (C=O) groups excluding carboxylic acids is 2. The molecule has 1 aromatic carbocycles. The summed E-state index contributed by atoms with van der Waals surface area (Å²) >= 11 is 0. The first-order valence-electron chi connectivity index (χ1n) is 11.1. The molecule has 164 valence electrons. The summed E-state index contributed by atoms with van der Waals surface area (Å²) in [5.74, 6) is 1.40. The van der Waals surface area contributed by atoms with E-state index in [0.717, 1.165) is 42.6 Å². The normalized spacial score (nSPS) is 33.6. The van der Waals surface area contributed by atoms with Crippen LogP contribution >= 0.6 is 0 Å². The number of methoxy groups -OCH3 is 2. The van der Waals surface area contributed by atoms with Crippen LogP contribution in [-0.2, 0) is 19.1 Å². The second-order valence-electron chi connectivity index (χ2n) is 9.04. The van der Waals surface area contributed by atoms with Crippen LogP contribution in [0.5, 0.6) is 5.75 Å². The molecule has 6 heteroatoms. The van der Waals surface area contributed by atoms with Crippen LogP contribution in [-0.4, -0.2) is 48.7 Å². The second kappa shape index (κ2) is 7.14. The fraction of sp³-hybridized carbons (Fsp3) is 0.520. The topological polar surface area (TPSA) is 65.1 Å². The first kappa shape index (κ1) is 20.2. The van der Waals surface area contributed by atoms with Gasteiger partial charge in [0.2, 0.25) is 11.5 Å². The van der Waals surface area contributed by atoms with Crippen LogP contribution in [0.1, 0.15) is 51.0 Å². The molecule has 1 aromatic rings. The molecule has 31 heavy (non-hydrogen) atoms. The quantitative estimate of drug-likeness (QED) is 0.691. The van der Waals surface area contributed by atoms with Crippen LogP contribution in [0.3, 0.4) is 0 Å². The zero-order valence-electron chi connectivity index (χ0n) is 18.4. The van der Waals surface area contributed by atoms with E-state index < -0.39 is 11.1 Å². The van der Waals surface area contributed by atoms with E-state index in [0.29, 0.717) is 30.7 Å². The molecule has 6 nitrogen and oxygen atoms in total. The highest BCUT2D eigenvalue weighted by molar-refractivity contribution is 5.94. The largest absolute Gasteiger partial charge is 0.497 e. The van der Waals surface area contributed by atoms with E-state index in [4.69, 9.17) is 14.2 Å². The molecule has 0 bridgehead atoms. The fourth-order valence-corrected chi connectivity index (χ4v) is 6.52. The SMILES string of the molecule is COC1=C(C)C(=O)O[C@@]12/C(=C/c1ccc(OC)cc1)C[C@@H]1CCCCN3C(=O)CC[C@]132. The maximum atomic E-state index is 13.0. The monoisotopic (exact) mass is 423 g/mol. The van der Waals surface area contributed by atoms with Gasteiger partial charge in [0.05, 0.1) is 25.3 Å². The molecule has 1 aliphatic carbocycles. The molecule has 3 atom stereocenters. The van der Waals surface area contributed by atoms with Gasteiger partial charge < -0.3 is 19.1 Å². The van der Waals surface area contributed by atoms with Gasteiger partial charge in [0.1, 0.15) is 5.75 Å². The van der Waals surface area contributed by atoms with Crippen molar-refractivity contribution >= 4 is 18.0 Å². The Morgan fingerprint density at radius 1 is 1.13 bits per heavy atom. The summed E-state index contributed by atoms with van der Waals surface area (Å²) < 4.78 is 17.5. The number of rotatable bonds is 3. The lowest BCUT2D eigenvalue weighted by molar-refractivity contribution is -0.161. The second-order valence-corrected chi connectivity index (χ2v) is 9.04. The van der Waals surface area contributed by atoms with Gasteiger partial charge in [0.15, 0.2) is 5.76 Å². The first-order valence-corrected chi connectivity index (χ1v) is 11.1. The molecule has 0 N–H and O–H groups in total. The van der Waals surface area contributed by atoms with Gasteiger partial charge in [-0.05, 0) is 61.8 Å². The summed E-state index contributed by atoms with van der Waals surface area (Å²) in [6.45, 7) is 2.48. The van der Waals surface area contributed by atoms with E-state index in [1.165, 1.54) is 0 Å². The van der Waals surface area contributed by atoms with Crippen LogP contribution in [0.25, 0.3) is 6.08 Å². The van der Waals surface area contributed by atoms with Crippen molar-refractivity contribution in [3.63, 3.8) is 0 Å². The summed E-state index contributed by atoms with van der Waals surface area (Å²) in [6.07, 6.45) is 7.14. The molecule has 0 unspecified atom stereocenters. The number of benzene rings is 1. The number of ether oxygens (including phenoxy) is 3. The van der Waals surface area contributed by atoms with Gasteiger partial charge in [-0.25, -0.2) is 4.79 Å². The summed E-state index contributed by atoms with van der Waals surface area (Å²) in [7, 11) is 3.25. The number of hydrogen-bond donors (Lipinski definition) is 0. The van der Waals surface area contributed by atoms with Gasteiger partial charge in [-0.1, -0.05) is 24.6 Å². The highest BCUT2D eigenvalue weighted by Crippen LogP contribution is 2.64. The molecule has 4 aliphatic rings. The van der Waals surface area contributed by atoms with Crippen molar-refractivity contribution in [1.82, 2.24) is 4.90 Å². The predicted molar refractivity (Wildman–Crippen MR) is 115 cm³/mol. The lowest BCUT2D eigenvalue weighted by Gasteiger charge is -2.48. The summed E-state index contributed by atoms with van der Waals surface area (Å²) in [4.78, 5) is 28.0. The standard InChI is InChI=1S/C25H29NO5/c1-16-22(30-3)25(31-23(16)28)19(14-17-7-9-20(29-2)10-8-17)15-18-6-4-5-13-26-21(27)11-12-24(18,25)26/h7-10,14,18H,4-6,11-13,15H2,1-3H3/b19-14+/t18-,24+,25-/m0/s1. The maximum absolute atomic E-state index is 13.0. The van der Waals surface area contributed by atoms with Crippen molar-refractivity contribution in [2.24, 2.45) is 5.92 Å². The van der Waals surface area contributed by atoms with Crippen molar-refractivity contribution in [2.75, 3.05) is 20.8 Å². The van der Waals surface area contributed by atoms with Gasteiger partial charge in [0, 0.05) is 13.0 Å². The molecule has 3 aliphatic heterocycles. The van der Waals surface area contributed by atoms with E-state index in [9.17, 15) is 9.59 Å². The third-order valence-electron chi connectivity index (χ3n) is 7.76. The van der Waals surface area contributed by atoms with Crippen molar-refractivity contribution < 1.29 is 23.8 Å². The summed E-state index contributed by atoms with van der Waals surface area (Å²) in [5.41, 5.74) is 0.907. The van der Waals surface area contributed by atoms with Gasteiger partial charge in [-0.3, -0.25) is 4.79 Å². The van der Waals surface area contributed by atoms with E-state index in [2.05, 4.69) is 6.08 Å². The molecule has 3 heterocycles. The average molecular weight is 424 g/mol. The van der Waals surface area contributed by atoms with Gasteiger partial charge in [-0.15, -0.1) is 0 Å². The molecule has 2 saturated heterocycles. The Kier molecular flexibility index (Phi) is 4.65. The van der Waals surface area contributed by atoms with Crippen molar-refractivity contribution in [2.45, 2.75) is 56.6 Å². The number of carbonyl (C=O) groups is 2. The number of esters is 1. The van der Waals surface area contributed by atoms with Crippen LogP contribution < -0.4 is 4.74 Å². The Balaban J connectivity index is 1.74. The zero-order valence-corrected chi connectivity index (χ0v) is 18.4. The number of hydrogen-bond acceptors (Lipinski definition) is 5. The van der Waals surface area contributed by atoms with E-state index in [-0.39, 0.29) is 17.8 Å². The smallest absolute Gasteiger partial charge is 0.338 e. The van der Waals surface area contributed by atoms with Crippen molar-refractivity contribution in [3.05, 3.63) is 46.7 Å². The Morgan fingerprint density at radius 2 is 1.90 bits per heavy atom. The minimum Gasteiger partial charge on any atom is -0.497 e. The molecule has 1 saturated carbocycles. The van der Waals surface area contributed by atoms with Crippen molar-refractivity contribution in [1.29, 1.82) is 0 Å². The van der Waals surface area contributed by atoms with Crippen LogP contribution in [0.15, 0.2) is 41.2 Å². The summed E-state index contributed by atoms with van der Waals surface area (Å²) in [5, 5.41) is 0. The van der Waals surface area contributed by atoms with Crippen LogP contribution in [0, 0.1) is 5.92 Å². The van der Waals surface area contributed by atoms with E-state index >= 15 is 0 Å². The maximum Gasteiger partial charge on any atom is 0.338 e. The Morgan fingerprint density at radius 3 is 2.61 bits per heavy atom. The molecular weight excluding hydrogens is 394 g/mol. The highest BCUT2D eigenvalue weighted by Gasteiger charge is 2.75. The molecule has 2 spiro atoms. The van der Waals surface area contributed by atoms with Crippen LogP contribution in [0.2, 0.25) is 0 Å². The minimum absolute atomic E-state index is 0.160. The zero-order chi connectivity index (χ0) is 21.8. The van der Waals surface area contributed by atoms with Gasteiger partial charge in [0.25, 0.3) is 0 Å². The third-order valence-corrected chi connectivity index (χ3v) is 7.76. The minimum atomic E-state index is -1.05. The Hall–Kier alpha value is -2.76. The average Bonchev–Trinajstić information content (AvgIpc) is 3.27. The molecular formula is C25H29NO5. The van der Waals surface area contributed by atoms with Crippen molar-refractivity contribution in [3.8, 4) is 5.75 Å².